The van der Waals surface area contributed by atoms with E-state index < -0.39 is 0 Å². The number of hydrogen-bond donors (Lipinski definition) is 1. The molecule has 170 valence electrons. The maximum Gasteiger partial charge on any atom is 0.157 e. The third-order valence-corrected chi connectivity index (χ3v) is 6.26. The summed E-state index contributed by atoms with van der Waals surface area (Å²) in [5.41, 5.74) is 4.99. The predicted octanol–water partition coefficient (Wildman–Crippen LogP) is 5.67. The third-order valence-electron chi connectivity index (χ3n) is 5.45. The Hall–Kier alpha value is -1.80. The Morgan fingerprint density at radius 2 is 2.32 bits per heavy atom. The minimum absolute atomic E-state index is 0.0271. The second-order valence-corrected chi connectivity index (χ2v) is 8.88. The number of aromatic nitrogens is 1. The molecule has 6 nitrogen and oxygen atoms in total. The SMILES string of the molecule is CCCCN(CCOC1CCCCO1)C(C)/N=C\C=C(/C)Nc1ccc2scnc2c1. The summed E-state index contributed by atoms with van der Waals surface area (Å²) >= 11 is 1.66. The van der Waals surface area contributed by atoms with Crippen LogP contribution < -0.4 is 5.32 Å². The molecule has 0 radical (unpaired) electrons. The number of benzene rings is 1. The predicted molar refractivity (Wildman–Crippen MR) is 131 cm³/mol. The summed E-state index contributed by atoms with van der Waals surface area (Å²) in [5, 5.41) is 3.42. The molecule has 2 atom stereocenters. The van der Waals surface area contributed by atoms with Gasteiger partial charge in [-0.15, -0.1) is 11.3 Å². The van der Waals surface area contributed by atoms with E-state index in [-0.39, 0.29) is 12.5 Å². The second kappa shape index (κ2) is 12.9. The van der Waals surface area contributed by atoms with Crippen LogP contribution in [-0.4, -0.2) is 54.9 Å². The zero-order valence-corrected chi connectivity index (χ0v) is 19.9. The second-order valence-electron chi connectivity index (χ2n) is 8.00. The van der Waals surface area contributed by atoms with E-state index in [1.165, 1.54) is 17.5 Å². The molecule has 2 unspecified atom stereocenters. The summed E-state index contributed by atoms with van der Waals surface area (Å²) in [5.74, 6) is 0. The van der Waals surface area contributed by atoms with Crippen LogP contribution >= 0.6 is 11.3 Å². The topological polar surface area (TPSA) is 59.0 Å². The number of ether oxygens (including phenoxy) is 2. The Balaban J connectivity index is 1.48. The minimum atomic E-state index is -0.0271. The van der Waals surface area contributed by atoms with Crippen LogP contribution in [-0.2, 0) is 9.47 Å². The van der Waals surface area contributed by atoms with Crippen molar-refractivity contribution in [3.8, 4) is 0 Å². The van der Waals surface area contributed by atoms with Gasteiger partial charge in [-0.2, -0.15) is 0 Å². The number of allylic oxidation sites excluding steroid dienone is 2. The number of nitrogens with one attached hydrogen (secondary N) is 1. The quantitative estimate of drug-likeness (QED) is 0.427. The van der Waals surface area contributed by atoms with Gasteiger partial charge in [-0.3, -0.25) is 9.89 Å². The van der Waals surface area contributed by atoms with Gasteiger partial charge in [0.05, 0.1) is 28.5 Å². The van der Waals surface area contributed by atoms with Crippen molar-refractivity contribution in [2.75, 3.05) is 31.6 Å². The molecule has 1 fully saturated rings. The van der Waals surface area contributed by atoms with Crippen LogP contribution in [0.25, 0.3) is 10.2 Å². The molecule has 0 saturated carbocycles. The van der Waals surface area contributed by atoms with E-state index in [1.807, 2.05) is 17.8 Å². The van der Waals surface area contributed by atoms with E-state index >= 15 is 0 Å². The van der Waals surface area contributed by atoms with Gasteiger partial charge in [0.15, 0.2) is 6.29 Å². The van der Waals surface area contributed by atoms with Gasteiger partial charge in [0, 0.05) is 37.3 Å². The van der Waals surface area contributed by atoms with Gasteiger partial charge in [-0.05, 0) is 63.8 Å². The molecule has 0 amide bonds. The third kappa shape index (κ3) is 8.00. The fourth-order valence-electron chi connectivity index (χ4n) is 3.57. The highest BCUT2D eigenvalue weighted by Gasteiger charge is 2.16. The first-order valence-electron chi connectivity index (χ1n) is 11.4. The largest absolute Gasteiger partial charge is 0.359 e. The number of anilines is 1. The van der Waals surface area contributed by atoms with Gasteiger partial charge < -0.3 is 14.8 Å². The number of thiazole rings is 1. The highest BCUT2D eigenvalue weighted by molar-refractivity contribution is 7.16. The molecule has 0 bridgehead atoms. The summed E-state index contributed by atoms with van der Waals surface area (Å²) in [6.45, 7) is 9.82. The molecule has 3 rings (SSSR count). The van der Waals surface area contributed by atoms with E-state index in [4.69, 9.17) is 14.5 Å². The van der Waals surface area contributed by atoms with Crippen molar-refractivity contribution in [2.45, 2.75) is 65.3 Å². The Kier molecular flexibility index (Phi) is 9.93. The van der Waals surface area contributed by atoms with Gasteiger partial charge in [-0.25, -0.2) is 4.98 Å². The Morgan fingerprint density at radius 3 is 3.13 bits per heavy atom. The molecule has 1 N–H and O–H groups in total. The van der Waals surface area contributed by atoms with Crippen molar-refractivity contribution in [1.29, 1.82) is 0 Å². The molecule has 1 aromatic heterocycles. The standard InChI is InChI=1S/C24H36N4O2S/c1-4-5-13-28(14-16-30-24-8-6-7-15-29-24)20(3)25-12-11-19(2)27-21-9-10-23-22(17-21)26-18-31-23/h9-12,17-18,20,24,27H,4-8,13-16H2,1-3H3/b19-11+,25-12-. The summed E-state index contributed by atoms with van der Waals surface area (Å²) in [6.07, 6.45) is 9.69. The van der Waals surface area contributed by atoms with Crippen LogP contribution in [0.15, 0.2) is 40.5 Å². The maximum atomic E-state index is 5.94. The van der Waals surface area contributed by atoms with Crippen molar-refractivity contribution in [1.82, 2.24) is 9.88 Å². The van der Waals surface area contributed by atoms with Gasteiger partial charge in [0.1, 0.15) is 0 Å². The number of aliphatic imine (C=N–C) groups is 1. The minimum Gasteiger partial charge on any atom is -0.359 e. The van der Waals surface area contributed by atoms with Crippen molar-refractivity contribution < 1.29 is 9.47 Å². The molecule has 31 heavy (non-hydrogen) atoms. The number of rotatable bonds is 12. The fourth-order valence-corrected chi connectivity index (χ4v) is 4.23. The molecule has 1 aliphatic heterocycles. The number of nitrogens with zero attached hydrogens (tertiary/aromatic N) is 3. The Bertz CT molecular complexity index is 845. The average molecular weight is 445 g/mol. The lowest BCUT2D eigenvalue weighted by atomic mass is 10.2. The highest BCUT2D eigenvalue weighted by Crippen LogP contribution is 2.22. The fraction of sp³-hybridized carbons (Fsp3) is 0.583. The summed E-state index contributed by atoms with van der Waals surface area (Å²) in [7, 11) is 0. The molecule has 0 aliphatic carbocycles. The molecule has 1 saturated heterocycles. The lowest BCUT2D eigenvalue weighted by Crippen LogP contribution is -2.37. The van der Waals surface area contributed by atoms with Crippen LogP contribution in [0.5, 0.6) is 0 Å². The maximum absolute atomic E-state index is 5.94. The normalized spacial score (nSPS) is 18.8. The number of unbranched alkanes of at least 4 members (excludes halogenated alkanes) is 1. The van der Waals surface area contributed by atoms with Crippen LogP contribution in [0.1, 0.15) is 52.9 Å². The smallest absolute Gasteiger partial charge is 0.157 e. The molecule has 2 heterocycles. The molecular formula is C24H36N4O2S. The van der Waals surface area contributed by atoms with Crippen LogP contribution in [0, 0.1) is 0 Å². The van der Waals surface area contributed by atoms with Crippen LogP contribution in [0.2, 0.25) is 0 Å². The molecule has 1 aromatic carbocycles. The molecule has 1 aliphatic rings. The van der Waals surface area contributed by atoms with Crippen molar-refractivity contribution in [2.24, 2.45) is 4.99 Å². The van der Waals surface area contributed by atoms with Gasteiger partial charge in [-0.1, -0.05) is 13.3 Å². The van der Waals surface area contributed by atoms with Gasteiger partial charge in [0.25, 0.3) is 0 Å². The number of fused-ring (bicyclic) bond motifs is 1. The van der Waals surface area contributed by atoms with E-state index in [9.17, 15) is 0 Å². The Morgan fingerprint density at radius 1 is 1.42 bits per heavy atom. The number of hydrogen-bond acceptors (Lipinski definition) is 7. The first kappa shape index (κ1) is 23.9. The molecular weight excluding hydrogens is 408 g/mol. The van der Waals surface area contributed by atoms with E-state index in [0.29, 0.717) is 6.61 Å². The summed E-state index contributed by atoms with van der Waals surface area (Å²) in [6, 6.07) is 6.26. The van der Waals surface area contributed by atoms with Crippen LogP contribution in [0.3, 0.4) is 0 Å². The first-order valence-corrected chi connectivity index (χ1v) is 12.3. The molecule has 0 spiro atoms. The van der Waals surface area contributed by atoms with Crippen LogP contribution in [0.4, 0.5) is 5.69 Å². The van der Waals surface area contributed by atoms with Gasteiger partial charge >= 0.3 is 0 Å². The summed E-state index contributed by atoms with van der Waals surface area (Å²) in [4.78, 5) is 11.5. The van der Waals surface area contributed by atoms with E-state index in [0.717, 1.165) is 55.9 Å². The molecule has 2 aromatic rings. The Labute approximate surface area is 190 Å². The lowest BCUT2D eigenvalue weighted by molar-refractivity contribution is -0.164. The van der Waals surface area contributed by atoms with Crippen molar-refractivity contribution >= 4 is 33.5 Å². The molecule has 7 heteroatoms. The van der Waals surface area contributed by atoms with Crippen molar-refractivity contribution in [3.63, 3.8) is 0 Å². The van der Waals surface area contributed by atoms with Gasteiger partial charge in [0.2, 0.25) is 0 Å². The monoisotopic (exact) mass is 444 g/mol. The average Bonchev–Trinajstić information content (AvgIpc) is 3.24. The van der Waals surface area contributed by atoms with E-state index in [1.54, 1.807) is 11.3 Å². The lowest BCUT2D eigenvalue weighted by Gasteiger charge is -2.28. The zero-order chi connectivity index (χ0) is 21.9. The summed E-state index contributed by atoms with van der Waals surface area (Å²) < 4.78 is 12.8. The highest BCUT2D eigenvalue weighted by atomic mass is 32.1. The first-order chi connectivity index (χ1) is 15.2. The van der Waals surface area contributed by atoms with E-state index in [2.05, 4.69) is 54.2 Å². The zero-order valence-electron chi connectivity index (χ0n) is 19.0. The van der Waals surface area contributed by atoms with Crippen molar-refractivity contribution in [3.05, 3.63) is 35.5 Å².